The van der Waals surface area contributed by atoms with E-state index in [4.69, 9.17) is 5.11 Å². The summed E-state index contributed by atoms with van der Waals surface area (Å²) < 4.78 is 0. The maximum atomic E-state index is 7.57. The van der Waals surface area contributed by atoms with Crippen LogP contribution in [0.1, 0.15) is 6.92 Å². The van der Waals surface area contributed by atoms with E-state index in [0.29, 0.717) is 0 Å². The van der Waals surface area contributed by atoms with Gasteiger partial charge in [-0.2, -0.15) is 0 Å². The molecular weight excluding hydrogens is 76.3 g/mol. The zero-order chi connectivity index (χ0) is 4.71. The highest BCUT2D eigenvalue weighted by Gasteiger charge is 1.99. The lowest BCUT2D eigenvalue weighted by Gasteiger charge is -1.52. The largest absolute Gasteiger partial charge is 1.41 e. The number of hydrogen-bond acceptors (Lipinski definition) is 1. The lowest BCUT2D eigenvalue weighted by molar-refractivity contribution is 0.318. The zero-order valence-corrected chi connectivity index (χ0v) is 5.28. The van der Waals surface area contributed by atoms with E-state index >= 15 is 0 Å². The van der Waals surface area contributed by atoms with Gasteiger partial charge in [0.1, 0.15) is 0 Å². The first-order valence-corrected chi connectivity index (χ1v) is 3.14. The van der Waals surface area contributed by atoms with Gasteiger partial charge in [0, 0.05) is 6.61 Å². The molecule has 0 bridgehead atoms. The molecule has 0 aromatic carbocycles. The van der Waals surface area contributed by atoms with Crippen LogP contribution >= 0.6 is 0 Å². The number of aliphatic hydroxyl groups is 1. The quantitative estimate of drug-likeness (QED) is 0.417. The summed E-state index contributed by atoms with van der Waals surface area (Å²) in [7, 11) is 0. The highest BCUT2D eigenvalue weighted by molar-refractivity contribution is 6.05. The fourth-order valence-corrected chi connectivity index (χ4v) is 0. The van der Waals surface area contributed by atoms with Gasteiger partial charge in [0.2, 0.25) is 0 Å². The average Bonchev–Trinajstić information content (AvgIpc) is 1.46. The van der Waals surface area contributed by atoms with Crippen molar-refractivity contribution in [2.45, 2.75) is 12.0 Å². The summed E-state index contributed by atoms with van der Waals surface area (Å²) in [6.45, 7) is 1.93. The molecule has 0 saturated carbocycles. The van der Waals surface area contributed by atoms with Crippen LogP contribution in [-0.4, -0.2) is 33.4 Å². The molecule has 0 heterocycles. The Morgan fingerprint density at radius 1 is 1.60 bits per heavy atom. The SMILES string of the molecule is CCO.[CH3][Mg+2]. The first kappa shape index (κ1) is 9.21. The van der Waals surface area contributed by atoms with Gasteiger partial charge in [-0.1, -0.05) is 0 Å². The molecule has 0 amide bonds. The van der Waals surface area contributed by atoms with Crippen molar-refractivity contribution in [3.8, 4) is 0 Å². The zero-order valence-electron chi connectivity index (χ0n) is 3.86. The molecule has 1 N–H and O–H groups in total. The van der Waals surface area contributed by atoms with Crippen LogP contribution in [0.4, 0.5) is 0 Å². The summed E-state index contributed by atoms with van der Waals surface area (Å²) >= 11 is 1.86. The Hall–Kier alpha value is 0.726. The van der Waals surface area contributed by atoms with Gasteiger partial charge in [-0.05, 0) is 6.92 Å². The van der Waals surface area contributed by atoms with Crippen molar-refractivity contribution in [2.75, 3.05) is 6.61 Å². The Bertz CT molecular complexity index is 6.85. The van der Waals surface area contributed by atoms with Crippen molar-refractivity contribution in [2.24, 2.45) is 0 Å². The third kappa shape index (κ3) is 66.6. The van der Waals surface area contributed by atoms with Crippen LogP contribution in [0.25, 0.3) is 0 Å². The van der Waals surface area contributed by atoms with Gasteiger partial charge in [0.05, 0.1) is 0 Å². The van der Waals surface area contributed by atoms with Gasteiger partial charge in [-0.25, -0.2) is 0 Å². The molecule has 0 aliphatic heterocycles. The molecule has 0 aromatic rings. The molecule has 0 fully saturated rings. The third-order valence-corrected chi connectivity index (χ3v) is 0. The topological polar surface area (TPSA) is 20.2 Å². The highest BCUT2D eigenvalue weighted by Crippen LogP contribution is 1.30. The van der Waals surface area contributed by atoms with Gasteiger partial charge in [-0.3, -0.25) is 0 Å². The van der Waals surface area contributed by atoms with E-state index in [1.54, 1.807) is 6.92 Å². The molecule has 0 atom stereocenters. The van der Waals surface area contributed by atoms with E-state index in [1.165, 1.54) is 0 Å². The number of aliphatic hydroxyl groups excluding tert-OH is 1. The molecule has 0 saturated heterocycles. The fourth-order valence-electron chi connectivity index (χ4n) is 0. The van der Waals surface area contributed by atoms with Crippen molar-refractivity contribution in [3.05, 3.63) is 0 Å². The maximum absolute atomic E-state index is 7.57. The lowest BCUT2D eigenvalue weighted by Crippen LogP contribution is -1.57. The predicted octanol–water partition coefficient (Wildman–Crippen LogP) is 0.202. The molecule has 0 unspecified atom stereocenters. The van der Waals surface area contributed by atoms with Gasteiger partial charge in [-0.15, -0.1) is 0 Å². The monoisotopic (exact) mass is 85.0 g/mol. The molecule has 0 aromatic heterocycles. The number of rotatable bonds is 0. The van der Waals surface area contributed by atoms with E-state index in [1.807, 2.05) is 26.8 Å². The summed E-state index contributed by atoms with van der Waals surface area (Å²) in [4.78, 5) is 0. The molecule has 0 spiro atoms. The minimum atomic E-state index is 0.250. The van der Waals surface area contributed by atoms with Crippen molar-refractivity contribution in [1.82, 2.24) is 0 Å². The van der Waals surface area contributed by atoms with Crippen molar-refractivity contribution in [1.29, 1.82) is 0 Å². The second kappa shape index (κ2) is 22.0. The second-order valence-electron chi connectivity index (χ2n) is 0.316. The molecule has 7 radical (unpaired) electrons. The highest BCUT2D eigenvalue weighted by atomic mass is 24.4. The average molecular weight is 85.4 g/mol. The van der Waals surface area contributed by atoms with Crippen molar-refractivity contribution >= 4 is 21.7 Å². The van der Waals surface area contributed by atoms with E-state index in [0.717, 1.165) is 0 Å². The van der Waals surface area contributed by atoms with Crippen LogP contribution in [0.15, 0.2) is 0 Å². The smallest absolute Gasteiger partial charge is 0.397 e. The van der Waals surface area contributed by atoms with E-state index in [-0.39, 0.29) is 6.61 Å². The van der Waals surface area contributed by atoms with Crippen LogP contribution in [0.5, 0.6) is 0 Å². The van der Waals surface area contributed by atoms with E-state index < -0.39 is 0 Å². The minimum absolute atomic E-state index is 0.250. The molecule has 1 nitrogen and oxygen atoms in total. The third-order valence-electron chi connectivity index (χ3n) is 0. The normalized spacial score (nSPS) is 4.80. The second-order valence-corrected chi connectivity index (χ2v) is 0.316. The number of hydrogen-bond donors (Lipinski definition) is 1. The van der Waals surface area contributed by atoms with Gasteiger partial charge in [0.25, 0.3) is 5.05 Å². The molecule has 0 rings (SSSR count). The summed E-state index contributed by atoms with van der Waals surface area (Å²) in [6.07, 6.45) is 0. The molecule has 0 aliphatic carbocycles. The first-order chi connectivity index (χ1) is 2.41. The van der Waals surface area contributed by atoms with Crippen LogP contribution < -0.4 is 0 Å². The standard InChI is InChI=1S/C2H6O.CH3.Mg/c1-2-3;;/h3H,2H2,1H3;1H3;/q;;+2. The van der Waals surface area contributed by atoms with Crippen LogP contribution in [-0.2, 0) is 0 Å². The molecule has 0 aliphatic rings. The Morgan fingerprint density at radius 3 is 1.60 bits per heavy atom. The predicted molar refractivity (Wildman–Crippen MR) is 24.4 cm³/mol. The Balaban J connectivity index is 0. The lowest BCUT2D eigenvalue weighted by atomic mass is 10.9. The van der Waals surface area contributed by atoms with Crippen molar-refractivity contribution in [3.63, 3.8) is 0 Å². The van der Waals surface area contributed by atoms with Gasteiger partial charge < -0.3 is 5.11 Å². The Morgan fingerprint density at radius 2 is 1.60 bits per heavy atom. The Labute approximate surface area is 45.8 Å². The first-order valence-electron chi connectivity index (χ1n) is 1.73. The molecular formula is C3H9MgO+2. The minimum Gasteiger partial charge on any atom is -0.397 e. The van der Waals surface area contributed by atoms with Gasteiger partial charge in [0.15, 0.2) is 0 Å². The molecule has 27 valence electrons. The molecule has 5 heavy (non-hydrogen) atoms. The molecule has 2 heteroatoms. The summed E-state index contributed by atoms with van der Waals surface area (Å²) in [5.74, 6) is 0. The summed E-state index contributed by atoms with van der Waals surface area (Å²) in [5.41, 5.74) is 0. The fraction of sp³-hybridized carbons (Fsp3) is 1.00. The van der Waals surface area contributed by atoms with Crippen LogP contribution in [0, 0.1) is 0 Å². The maximum Gasteiger partial charge on any atom is 1.41 e. The Kier molecular flexibility index (Phi) is 40.6. The van der Waals surface area contributed by atoms with Crippen LogP contribution in [0.3, 0.4) is 0 Å². The van der Waals surface area contributed by atoms with E-state index in [9.17, 15) is 0 Å². The van der Waals surface area contributed by atoms with Crippen molar-refractivity contribution < 1.29 is 5.11 Å². The van der Waals surface area contributed by atoms with Crippen LogP contribution in [0.2, 0.25) is 5.05 Å². The van der Waals surface area contributed by atoms with Gasteiger partial charge >= 0.3 is 21.7 Å². The summed E-state index contributed by atoms with van der Waals surface area (Å²) in [6, 6.07) is 0. The summed E-state index contributed by atoms with van der Waals surface area (Å²) in [5, 5.41) is 9.60. The van der Waals surface area contributed by atoms with E-state index in [2.05, 4.69) is 0 Å².